The number of amides is 1. The van der Waals surface area contributed by atoms with Crippen molar-refractivity contribution in [3.05, 3.63) is 33.8 Å². The molecule has 1 aromatic carbocycles. The van der Waals surface area contributed by atoms with E-state index in [0.717, 1.165) is 18.4 Å². The van der Waals surface area contributed by atoms with Crippen LogP contribution in [0.1, 0.15) is 18.4 Å². The molecule has 0 fully saturated rings. The first-order valence-corrected chi connectivity index (χ1v) is 6.69. The summed E-state index contributed by atoms with van der Waals surface area (Å²) in [6.07, 6.45) is 2.13. The van der Waals surface area contributed by atoms with Crippen LogP contribution < -0.4 is 5.32 Å². The van der Waals surface area contributed by atoms with Crippen LogP contribution in [-0.4, -0.2) is 18.3 Å². The van der Waals surface area contributed by atoms with Crippen LogP contribution in [-0.2, 0) is 11.2 Å². The Kier molecular flexibility index (Phi) is 6.71. The number of halogens is 3. The predicted octanol–water partition coefficient (Wildman–Crippen LogP) is 3.67. The van der Waals surface area contributed by atoms with Gasteiger partial charge in [0.2, 0.25) is 5.91 Å². The quantitative estimate of drug-likeness (QED) is 0.629. The normalized spacial score (nSPS) is 10.3. The first-order chi connectivity index (χ1) is 8.13. The standard InChI is InChI=1S/C12H14Cl3NO/c13-5-1-2-6-16-12(17)8-9-3-4-10(14)11(15)7-9/h3-4,7H,1-2,5-6,8H2,(H,16,17). The highest BCUT2D eigenvalue weighted by Gasteiger charge is 2.05. The van der Waals surface area contributed by atoms with E-state index in [-0.39, 0.29) is 5.91 Å². The summed E-state index contributed by atoms with van der Waals surface area (Å²) in [5.41, 5.74) is 0.856. The van der Waals surface area contributed by atoms with E-state index in [9.17, 15) is 4.79 Å². The highest BCUT2D eigenvalue weighted by atomic mass is 35.5. The number of rotatable bonds is 6. The molecule has 1 N–H and O–H groups in total. The van der Waals surface area contributed by atoms with Crippen molar-refractivity contribution in [1.29, 1.82) is 0 Å². The zero-order valence-electron chi connectivity index (χ0n) is 9.31. The molecule has 1 rings (SSSR count). The number of unbranched alkanes of at least 4 members (excludes halogenated alkanes) is 1. The number of carbonyl (C=O) groups is 1. The zero-order valence-corrected chi connectivity index (χ0v) is 11.6. The van der Waals surface area contributed by atoms with Crippen molar-refractivity contribution in [2.24, 2.45) is 0 Å². The van der Waals surface area contributed by atoms with Crippen LogP contribution in [0.15, 0.2) is 18.2 Å². The fraction of sp³-hybridized carbons (Fsp3) is 0.417. The maximum absolute atomic E-state index is 11.6. The molecule has 0 saturated carbocycles. The zero-order chi connectivity index (χ0) is 12.7. The van der Waals surface area contributed by atoms with Gasteiger partial charge in [-0.15, -0.1) is 11.6 Å². The van der Waals surface area contributed by atoms with Gasteiger partial charge in [-0.2, -0.15) is 0 Å². The minimum atomic E-state index is -0.0158. The van der Waals surface area contributed by atoms with Crippen molar-refractivity contribution >= 4 is 40.7 Å². The first kappa shape index (κ1) is 14.6. The summed E-state index contributed by atoms with van der Waals surface area (Å²) in [6.45, 7) is 0.660. The van der Waals surface area contributed by atoms with Crippen LogP contribution >= 0.6 is 34.8 Å². The molecule has 2 nitrogen and oxygen atoms in total. The SMILES string of the molecule is O=C(Cc1ccc(Cl)c(Cl)c1)NCCCCCl. The van der Waals surface area contributed by atoms with Crippen molar-refractivity contribution in [2.45, 2.75) is 19.3 Å². The van der Waals surface area contributed by atoms with E-state index >= 15 is 0 Å². The second-order valence-corrected chi connectivity index (χ2v) is 4.86. The molecular weight excluding hydrogens is 280 g/mol. The number of benzene rings is 1. The summed E-state index contributed by atoms with van der Waals surface area (Å²) in [6, 6.07) is 5.20. The molecule has 0 heterocycles. The van der Waals surface area contributed by atoms with Crippen LogP contribution in [0, 0.1) is 0 Å². The monoisotopic (exact) mass is 293 g/mol. The molecule has 0 unspecified atom stereocenters. The van der Waals surface area contributed by atoms with Crippen molar-refractivity contribution < 1.29 is 4.79 Å². The number of carbonyl (C=O) groups excluding carboxylic acids is 1. The number of hydrogen-bond donors (Lipinski definition) is 1. The Hall–Kier alpha value is -0.440. The predicted molar refractivity (Wildman–Crippen MR) is 73.1 cm³/mol. The topological polar surface area (TPSA) is 29.1 Å². The Morgan fingerprint density at radius 2 is 1.94 bits per heavy atom. The number of alkyl halides is 1. The van der Waals surface area contributed by atoms with Gasteiger partial charge in [-0.25, -0.2) is 0 Å². The van der Waals surface area contributed by atoms with Crippen LogP contribution in [0.2, 0.25) is 10.0 Å². The van der Waals surface area contributed by atoms with Crippen LogP contribution in [0.3, 0.4) is 0 Å². The molecule has 1 amide bonds. The molecule has 0 spiro atoms. The third-order valence-electron chi connectivity index (χ3n) is 2.23. The van der Waals surface area contributed by atoms with E-state index < -0.39 is 0 Å². The van der Waals surface area contributed by atoms with E-state index in [0.29, 0.717) is 28.9 Å². The summed E-state index contributed by atoms with van der Waals surface area (Å²) in [4.78, 5) is 11.6. The largest absolute Gasteiger partial charge is 0.356 e. The van der Waals surface area contributed by atoms with Crippen molar-refractivity contribution in [2.75, 3.05) is 12.4 Å². The maximum Gasteiger partial charge on any atom is 0.224 e. The molecule has 0 aromatic heterocycles. The molecular formula is C12H14Cl3NO. The van der Waals surface area contributed by atoms with E-state index in [1.165, 1.54) is 0 Å². The van der Waals surface area contributed by atoms with E-state index in [1.54, 1.807) is 18.2 Å². The van der Waals surface area contributed by atoms with Gasteiger partial charge in [0.1, 0.15) is 0 Å². The summed E-state index contributed by atoms with van der Waals surface area (Å²) >= 11 is 17.2. The van der Waals surface area contributed by atoms with Gasteiger partial charge in [-0.1, -0.05) is 29.3 Å². The molecule has 0 saturated heterocycles. The van der Waals surface area contributed by atoms with E-state index in [2.05, 4.69) is 5.32 Å². The van der Waals surface area contributed by atoms with Gasteiger partial charge in [0, 0.05) is 12.4 Å². The second-order valence-electron chi connectivity index (χ2n) is 3.67. The Morgan fingerprint density at radius 3 is 2.59 bits per heavy atom. The van der Waals surface area contributed by atoms with E-state index in [4.69, 9.17) is 34.8 Å². The molecule has 17 heavy (non-hydrogen) atoms. The summed E-state index contributed by atoms with van der Waals surface area (Å²) in [7, 11) is 0. The third kappa shape index (κ3) is 5.62. The smallest absolute Gasteiger partial charge is 0.224 e. The van der Waals surface area contributed by atoms with Crippen molar-refractivity contribution in [3.8, 4) is 0 Å². The average molecular weight is 295 g/mol. The lowest BCUT2D eigenvalue weighted by molar-refractivity contribution is -0.120. The molecule has 5 heteroatoms. The van der Waals surface area contributed by atoms with Gasteiger partial charge in [-0.05, 0) is 30.5 Å². The van der Waals surface area contributed by atoms with Crippen LogP contribution in [0.25, 0.3) is 0 Å². The van der Waals surface area contributed by atoms with E-state index in [1.807, 2.05) is 0 Å². The summed E-state index contributed by atoms with van der Waals surface area (Å²) in [5.74, 6) is 0.612. The second kappa shape index (κ2) is 7.80. The molecule has 0 aliphatic heterocycles. The van der Waals surface area contributed by atoms with Crippen LogP contribution in [0.4, 0.5) is 0 Å². The highest BCUT2D eigenvalue weighted by molar-refractivity contribution is 6.42. The third-order valence-corrected chi connectivity index (χ3v) is 3.24. The van der Waals surface area contributed by atoms with Gasteiger partial charge in [0.05, 0.1) is 16.5 Å². The van der Waals surface area contributed by atoms with Gasteiger partial charge in [0.15, 0.2) is 0 Å². The van der Waals surface area contributed by atoms with Gasteiger partial charge < -0.3 is 5.32 Å². The molecule has 0 aliphatic rings. The van der Waals surface area contributed by atoms with Crippen molar-refractivity contribution in [3.63, 3.8) is 0 Å². The molecule has 0 radical (unpaired) electrons. The average Bonchev–Trinajstić information content (AvgIpc) is 2.30. The lowest BCUT2D eigenvalue weighted by Crippen LogP contribution is -2.26. The Balaban J connectivity index is 2.37. The Morgan fingerprint density at radius 1 is 1.18 bits per heavy atom. The van der Waals surface area contributed by atoms with Gasteiger partial charge in [-0.3, -0.25) is 4.79 Å². The Bertz CT molecular complexity index is 382. The lowest BCUT2D eigenvalue weighted by atomic mass is 10.1. The molecule has 0 bridgehead atoms. The van der Waals surface area contributed by atoms with Gasteiger partial charge in [0.25, 0.3) is 0 Å². The fourth-order valence-corrected chi connectivity index (χ4v) is 1.85. The molecule has 1 aromatic rings. The minimum absolute atomic E-state index is 0.0158. The molecule has 0 atom stereocenters. The van der Waals surface area contributed by atoms with Crippen molar-refractivity contribution in [1.82, 2.24) is 5.32 Å². The highest BCUT2D eigenvalue weighted by Crippen LogP contribution is 2.22. The fourth-order valence-electron chi connectivity index (χ4n) is 1.34. The lowest BCUT2D eigenvalue weighted by Gasteiger charge is -2.05. The molecule has 94 valence electrons. The molecule has 0 aliphatic carbocycles. The summed E-state index contributed by atoms with van der Waals surface area (Å²) in [5, 5.41) is 3.80. The van der Waals surface area contributed by atoms with Gasteiger partial charge >= 0.3 is 0 Å². The summed E-state index contributed by atoms with van der Waals surface area (Å²) < 4.78 is 0. The number of nitrogens with one attached hydrogen (secondary N) is 1. The van der Waals surface area contributed by atoms with Crippen LogP contribution in [0.5, 0.6) is 0 Å². The number of hydrogen-bond acceptors (Lipinski definition) is 1. The minimum Gasteiger partial charge on any atom is -0.356 e. The Labute approximate surface area is 116 Å². The first-order valence-electron chi connectivity index (χ1n) is 5.40. The maximum atomic E-state index is 11.6.